The van der Waals surface area contributed by atoms with Crippen LogP contribution in [0.5, 0.6) is 5.75 Å². The zero-order chi connectivity index (χ0) is 32.1. The second-order valence-electron chi connectivity index (χ2n) is 10.9. The van der Waals surface area contributed by atoms with Gasteiger partial charge in [-0.25, -0.2) is 4.98 Å². The monoisotopic (exact) mass is 617 g/mol. The van der Waals surface area contributed by atoms with Crippen molar-refractivity contribution >= 4 is 39.7 Å². The van der Waals surface area contributed by atoms with Gasteiger partial charge in [-0.1, -0.05) is 48.5 Å². The number of fused-ring (bicyclic) bond motifs is 1. The minimum absolute atomic E-state index is 0.0484. The number of carbonyl (C=O) groups excluding carboxylic acids is 3. The summed E-state index contributed by atoms with van der Waals surface area (Å²) in [4.78, 5) is 45.3. The van der Waals surface area contributed by atoms with Gasteiger partial charge in [-0.3, -0.25) is 9.59 Å². The Bertz CT molecular complexity index is 1480. The standard InChI is InChI=1S/C24H28N4O3S.C8H11N.C2H4O/c1-16-12-27(13-18-6-9-20-22(11-18)32-15-25-20)24(31)21(28(16)23(30)14-26(2)3)10-17-4-7-19(29)8-5-17;1-9-7-8-5-3-2-4-6-8;1-2-3/h4-9,11,15-16,21,29H,10,12-14H2,1-3H3;2-6,9H,7H2,1H3;2H,1H3/t16?,21-;;/m0../s1. The molecule has 0 aliphatic carbocycles. The van der Waals surface area contributed by atoms with E-state index in [1.165, 1.54) is 12.5 Å². The lowest BCUT2D eigenvalue weighted by Gasteiger charge is -2.45. The normalized spacial score (nSPS) is 16.2. The van der Waals surface area contributed by atoms with Gasteiger partial charge in [0.05, 0.1) is 22.3 Å². The molecule has 0 bridgehead atoms. The second-order valence-corrected chi connectivity index (χ2v) is 11.8. The molecule has 234 valence electrons. The molecule has 1 aromatic heterocycles. The molecule has 0 spiro atoms. The summed E-state index contributed by atoms with van der Waals surface area (Å²) >= 11 is 1.59. The number of aromatic nitrogens is 1. The van der Waals surface area contributed by atoms with Crippen LogP contribution in [0.15, 0.2) is 78.3 Å². The van der Waals surface area contributed by atoms with Gasteiger partial charge in [0.25, 0.3) is 0 Å². The van der Waals surface area contributed by atoms with Gasteiger partial charge in [0.1, 0.15) is 18.1 Å². The van der Waals surface area contributed by atoms with Crippen molar-refractivity contribution in [3.63, 3.8) is 0 Å². The Kier molecular flexibility index (Phi) is 13.5. The number of aromatic hydroxyl groups is 1. The number of hydrogen-bond donors (Lipinski definition) is 2. The van der Waals surface area contributed by atoms with Crippen molar-refractivity contribution < 1.29 is 19.5 Å². The molecule has 2 N–H and O–H groups in total. The number of amides is 2. The number of rotatable bonds is 8. The minimum atomic E-state index is -0.581. The van der Waals surface area contributed by atoms with Crippen molar-refractivity contribution in [2.75, 3.05) is 34.2 Å². The largest absolute Gasteiger partial charge is 0.508 e. The second kappa shape index (κ2) is 17.2. The number of nitrogens with one attached hydrogen (secondary N) is 1. The summed E-state index contributed by atoms with van der Waals surface area (Å²) < 4.78 is 1.10. The number of phenols is 1. The zero-order valence-corrected chi connectivity index (χ0v) is 27.0. The lowest BCUT2D eigenvalue weighted by molar-refractivity contribution is -0.156. The van der Waals surface area contributed by atoms with Crippen LogP contribution in [-0.2, 0) is 33.9 Å². The maximum absolute atomic E-state index is 13.6. The van der Waals surface area contributed by atoms with E-state index in [-0.39, 0.29) is 30.2 Å². The summed E-state index contributed by atoms with van der Waals surface area (Å²) in [5.74, 6) is 0.0794. The number of likely N-dealkylation sites (N-methyl/N-ethyl adjacent to an activating group) is 1. The van der Waals surface area contributed by atoms with Crippen LogP contribution in [0.25, 0.3) is 10.2 Å². The van der Waals surface area contributed by atoms with Crippen LogP contribution >= 0.6 is 11.3 Å². The number of benzene rings is 3. The van der Waals surface area contributed by atoms with Crippen molar-refractivity contribution in [1.29, 1.82) is 0 Å². The molecular weight excluding hydrogens is 574 g/mol. The summed E-state index contributed by atoms with van der Waals surface area (Å²) in [5.41, 5.74) is 6.08. The quantitative estimate of drug-likeness (QED) is 0.283. The number of phenolic OH excluding ortho intramolecular Hbond substituents is 1. The minimum Gasteiger partial charge on any atom is -0.508 e. The number of piperazine rings is 1. The Balaban J connectivity index is 0.000000371. The molecule has 0 radical (unpaired) electrons. The van der Waals surface area contributed by atoms with Gasteiger partial charge in [-0.05, 0) is 75.9 Å². The van der Waals surface area contributed by atoms with Gasteiger partial charge < -0.3 is 29.9 Å². The van der Waals surface area contributed by atoms with E-state index >= 15 is 0 Å². The topological polar surface area (TPSA) is 106 Å². The molecule has 5 rings (SSSR count). The lowest BCUT2D eigenvalue weighted by Crippen LogP contribution is -2.64. The Morgan fingerprint density at radius 3 is 2.36 bits per heavy atom. The highest BCUT2D eigenvalue weighted by Crippen LogP contribution is 2.25. The van der Waals surface area contributed by atoms with Gasteiger partial charge in [0, 0.05) is 32.1 Å². The fourth-order valence-electron chi connectivity index (χ4n) is 5.11. The van der Waals surface area contributed by atoms with E-state index in [2.05, 4.69) is 28.5 Å². The summed E-state index contributed by atoms with van der Waals surface area (Å²) in [6.07, 6.45) is 1.16. The number of hydrogen-bond acceptors (Lipinski definition) is 8. The lowest BCUT2D eigenvalue weighted by atomic mass is 9.97. The number of carbonyl (C=O) groups is 3. The highest BCUT2D eigenvalue weighted by molar-refractivity contribution is 7.16. The third-order valence-corrected chi connectivity index (χ3v) is 7.78. The Hall–Kier alpha value is -4.12. The third-order valence-electron chi connectivity index (χ3n) is 6.99. The van der Waals surface area contributed by atoms with Gasteiger partial charge in [-0.15, -0.1) is 11.3 Å². The van der Waals surface area contributed by atoms with Crippen molar-refractivity contribution in [2.45, 2.75) is 45.4 Å². The van der Waals surface area contributed by atoms with Crippen molar-refractivity contribution in [3.8, 4) is 5.75 Å². The van der Waals surface area contributed by atoms with E-state index in [4.69, 9.17) is 4.79 Å². The van der Waals surface area contributed by atoms with E-state index in [9.17, 15) is 14.7 Å². The van der Waals surface area contributed by atoms with Crippen molar-refractivity contribution in [3.05, 3.63) is 95.0 Å². The van der Waals surface area contributed by atoms with Gasteiger partial charge in [0.15, 0.2) is 0 Å². The molecule has 0 saturated carbocycles. The fraction of sp³-hybridized carbons (Fsp3) is 0.353. The predicted octanol–water partition coefficient (Wildman–Crippen LogP) is 4.35. The van der Waals surface area contributed by atoms with Gasteiger partial charge in [0.2, 0.25) is 11.8 Å². The van der Waals surface area contributed by atoms with Crippen LogP contribution < -0.4 is 5.32 Å². The first-order valence-corrected chi connectivity index (χ1v) is 15.5. The first-order valence-electron chi connectivity index (χ1n) is 14.6. The van der Waals surface area contributed by atoms with Crippen LogP contribution in [0, 0.1) is 0 Å². The van der Waals surface area contributed by atoms with E-state index < -0.39 is 6.04 Å². The molecule has 4 aromatic rings. The SMILES string of the molecule is CC1CN(Cc2ccc3ncsc3c2)C(=O)[C@H](Cc2ccc(O)cc2)N1C(=O)CN(C)C.CC=O.CNCc1ccccc1. The Labute approximate surface area is 264 Å². The van der Waals surface area contributed by atoms with Crippen LogP contribution in [-0.4, -0.2) is 89.2 Å². The van der Waals surface area contributed by atoms with Crippen molar-refractivity contribution in [2.24, 2.45) is 0 Å². The molecular formula is C34H43N5O4S. The molecule has 2 atom stereocenters. The maximum Gasteiger partial charge on any atom is 0.246 e. The van der Waals surface area contributed by atoms with E-state index in [1.807, 2.05) is 73.7 Å². The summed E-state index contributed by atoms with van der Waals surface area (Å²) in [6.45, 7) is 5.65. The first kappa shape index (κ1) is 34.4. The van der Waals surface area contributed by atoms with Gasteiger partial charge in [-0.2, -0.15) is 0 Å². The Morgan fingerprint density at radius 2 is 1.73 bits per heavy atom. The number of thiazole rings is 1. The van der Waals surface area contributed by atoms with E-state index in [0.717, 1.165) is 34.2 Å². The average molecular weight is 618 g/mol. The third kappa shape index (κ3) is 9.97. The highest BCUT2D eigenvalue weighted by atomic mass is 32.1. The number of aldehydes is 1. The highest BCUT2D eigenvalue weighted by Gasteiger charge is 2.41. The summed E-state index contributed by atoms with van der Waals surface area (Å²) in [6, 6.07) is 22.6. The number of nitrogens with zero attached hydrogens (tertiary/aromatic N) is 4. The average Bonchev–Trinajstić information content (AvgIpc) is 3.46. The molecule has 1 saturated heterocycles. The van der Waals surface area contributed by atoms with Crippen LogP contribution in [0.2, 0.25) is 0 Å². The first-order chi connectivity index (χ1) is 21.2. The molecule has 10 heteroatoms. The molecule has 44 heavy (non-hydrogen) atoms. The molecule has 1 fully saturated rings. The molecule has 2 amide bonds. The molecule has 1 aliphatic rings. The zero-order valence-electron chi connectivity index (χ0n) is 26.1. The van der Waals surface area contributed by atoms with Crippen LogP contribution in [0.3, 0.4) is 0 Å². The van der Waals surface area contributed by atoms with E-state index in [1.54, 1.807) is 40.5 Å². The Morgan fingerprint density at radius 1 is 1.07 bits per heavy atom. The molecule has 2 heterocycles. The smallest absolute Gasteiger partial charge is 0.246 e. The van der Waals surface area contributed by atoms with Gasteiger partial charge >= 0.3 is 0 Å². The molecule has 3 aromatic carbocycles. The van der Waals surface area contributed by atoms with Crippen LogP contribution in [0.1, 0.15) is 30.5 Å². The molecule has 1 aliphatic heterocycles. The van der Waals surface area contributed by atoms with Crippen molar-refractivity contribution in [1.82, 2.24) is 25.0 Å². The summed E-state index contributed by atoms with van der Waals surface area (Å²) in [7, 11) is 5.66. The predicted molar refractivity (Wildman–Crippen MR) is 176 cm³/mol. The summed E-state index contributed by atoms with van der Waals surface area (Å²) in [5, 5.41) is 12.7. The maximum atomic E-state index is 13.6. The van der Waals surface area contributed by atoms with E-state index in [0.29, 0.717) is 19.5 Å². The molecule has 1 unspecified atom stereocenters. The fourth-order valence-corrected chi connectivity index (χ4v) is 5.85. The van der Waals surface area contributed by atoms with Crippen LogP contribution in [0.4, 0.5) is 0 Å². The molecule has 9 nitrogen and oxygen atoms in total.